The highest BCUT2D eigenvalue weighted by molar-refractivity contribution is 5.92. The number of aliphatic hydroxyl groups is 1. The Morgan fingerprint density at radius 3 is 2.48 bits per heavy atom. The SMILES string of the molecule is O=C(CN1CCC[C@@H]1CO)Nc1ccc(OC2CCN(C3CC3)CC2)cc1. The van der Waals surface area contributed by atoms with E-state index in [0.717, 1.165) is 62.8 Å². The second-order valence-electron chi connectivity index (χ2n) is 8.11. The Bertz CT molecular complexity index is 624. The third kappa shape index (κ3) is 5.00. The van der Waals surface area contributed by atoms with Crippen LogP contribution in [-0.4, -0.2) is 71.8 Å². The number of piperidine rings is 1. The molecule has 4 rings (SSSR count). The van der Waals surface area contributed by atoms with Crippen LogP contribution in [0.25, 0.3) is 0 Å². The number of hydrogen-bond acceptors (Lipinski definition) is 5. The smallest absolute Gasteiger partial charge is 0.238 e. The number of rotatable bonds is 7. The van der Waals surface area contributed by atoms with E-state index in [2.05, 4.69) is 15.1 Å². The van der Waals surface area contributed by atoms with Crippen molar-refractivity contribution in [2.75, 3.05) is 38.1 Å². The van der Waals surface area contributed by atoms with Crippen LogP contribution in [0.15, 0.2) is 24.3 Å². The summed E-state index contributed by atoms with van der Waals surface area (Å²) in [6.07, 6.45) is 7.24. The minimum Gasteiger partial charge on any atom is -0.490 e. The predicted molar refractivity (Wildman–Crippen MR) is 105 cm³/mol. The average molecular weight is 373 g/mol. The zero-order chi connectivity index (χ0) is 18.6. The number of likely N-dealkylation sites (tertiary alicyclic amines) is 2. The molecule has 2 heterocycles. The standard InChI is InChI=1S/C21H31N3O3/c25-15-18-2-1-11-24(18)14-21(26)22-16-3-7-19(8-4-16)27-20-9-12-23(13-10-20)17-5-6-17/h3-4,7-8,17-18,20,25H,1-2,5-6,9-15H2,(H,22,26)/t18-/m1/s1. The molecule has 148 valence electrons. The zero-order valence-electron chi connectivity index (χ0n) is 16.0. The second kappa shape index (κ2) is 8.59. The average Bonchev–Trinajstić information content (AvgIpc) is 3.44. The molecule has 1 saturated carbocycles. The van der Waals surface area contributed by atoms with Gasteiger partial charge in [0.25, 0.3) is 0 Å². The van der Waals surface area contributed by atoms with Gasteiger partial charge >= 0.3 is 0 Å². The third-order valence-corrected chi connectivity index (χ3v) is 6.04. The number of benzene rings is 1. The Morgan fingerprint density at radius 1 is 1.07 bits per heavy atom. The second-order valence-corrected chi connectivity index (χ2v) is 8.11. The molecule has 0 spiro atoms. The fourth-order valence-corrected chi connectivity index (χ4v) is 4.30. The minimum atomic E-state index is -0.0310. The van der Waals surface area contributed by atoms with Crippen LogP contribution in [0.5, 0.6) is 5.75 Å². The summed E-state index contributed by atoms with van der Waals surface area (Å²) in [6.45, 7) is 3.64. The summed E-state index contributed by atoms with van der Waals surface area (Å²) in [5, 5.41) is 12.3. The summed E-state index contributed by atoms with van der Waals surface area (Å²) < 4.78 is 6.12. The highest BCUT2D eigenvalue weighted by Crippen LogP contribution is 2.30. The normalized spacial score (nSPS) is 24.9. The first-order valence-electron chi connectivity index (χ1n) is 10.4. The van der Waals surface area contributed by atoms with Crippen LogP contribution in [0.3, 0.4) is 0 Å². The number of hydrogen-bond donors (Lipinski definition) is 2. The summed E-state index contributed by atoms with van der Waals surface area (Å²) >= 11 is 0. The monoisotopic (exact) mass is 373 g/mol. The van der Waals surface area contributed by atoms with Crippen molar-refractivity contribution < 1.29 is 14.6 Å². The molecule has 0 bridgehead atoms. The lowest BCUT2D eigenvalue weighted by Gasteiger charge is -2.32. The zero-order valence-corrected chi connectivity index (χ0v) is 16.0. The minimum absolute atomic E-state index is 0.0310. The predicted octanol–water partition coefficient (Wildman–Crippen LogP) is 2.09. The lowest BCUT2D eigenvalue weighted by Crippen LogP contribution is -2.39. The van der Waals surface area contributed by atoms with Crippen molar-refractivity contribution in [2.24, 2.45) is 0 Å². The lowest BCUT2D eigenvalue weighted by atomic mass is 10.1. The van der Waals surface area contributed by atoms with Gasteiger partial charge in [0.15, 0.2) is 0 Å². The Morgan fingerprint density at radius 2 is 1.81 bits per heavy atom. The maximum Gasteiger partial charge on any atom is 0.238 e. The number of aliphatic hydroxyl groups excluding tert-OH is 1. The van der Waals surface area contributed by atoms with Crippen molar-refractivity contribution in [1.82, 2.24) is 9.80 Å². The topological polar surface area (TPSA) is 65.0 Å². The molecule has 2 saturated heterocycles. The molecular weight excluding hydrogens is 342 g/mol. The quantitative estimate of drug-likeness (QED) is 0.766. The van der Waals surface area contributed by atoms with Crippen LogP contribution in [-0.2, 0) is 4.79 Å². The molecule has 2 aliphatic heterocycles. The van der Waals surface area contributed by atoms with Crippen molar-refractivity contribution in [3.8, 4) is 5.75 Å². The maximum atomic E-state index is 12.3. The van der Waals surface area contributed by atoms with Gasteiger partial charge in [-0.15, -0.1) is 0 Å². The molecule has 0 radical (unpaired) electrons. The Labute approximate surface area is 161 Å². The van der Waals surface area contributed by atoms with E-state index in [1.54, 1.807) is 0 Å². The van der Waals surface area contributed by atoms with Crippen molar-refractivity contribution in [1.29, 1.82) is 0 Å². The van der Waals surface area contributed by atoms with Gasteiger partial charge in [0.1, 0.15) is 11.9 Å². The van der Waals surface area contributed by atoms with Crippen LogP contribution in [0.1, 0.15) is 38.5 Å². The van der Waals surface area contributed by atoms with Gasteiger partial charge < -0.3 is 20.1 Å². The molecule has 1 aliphatic carbocycles. The van der Waals surface area contributed by atoms with Crippen LogP contribution in [0.2, 0.25) is 0 Å². The Kier molecular flexibility index (Phi) is 5.95. The van der Waals surface area contributed by atoms with Crippen molar-refractivity contribution in [3.63, 3.8) is 0 Å². The molecule has 6 heteroatoms. The summed E-state index contributed by atoms with van der Waals surface area (Å²) in [5.41, 5.74) is 0.788. The molecule has 1 atom stereocenters. The van der Waals surface area contributed by atoms with Gasteiger partial charge in [-0.25, -0.2) is 0 Å². The molecule has 6 nitrogen and oxygen atoms in total. The molecule has 3 fully saturated rings. The third-order valence-electron chi connectivity index (χ3n) is 6.04. The van der Waals surface area contributed by atoms with Crippen molar-refractivity contribution >= 4 is 11.6 Å². The van der Waals surface area contributed by atoms with E-state index in [9.17, 15) is 9.90 Å². The largest absolute Gasteiger partial charge is 0.490 e. The molecule has 1 aromatic rings. The van der Waals surface area contributed by atoms with Gasteiger partial charge in [0.2, 0.25) is 5.91 Å². The molecule has 2 N–H and O–H groups in total. The van der Waals surface area contributed by atoms with E-state index in [0.29, 0.717) is 12.6 Å². The van der Waals surface area contributed by atoms with Crippen LogP contribution < -0.4 is 10.1 Å². The van der Waals surface area contributed by atoms with Gasteiger partial charge in [-0.1, -0.05) is 0 Å². The van der Waals surface area contributed by atoms with Gasteiger partial charge in [-0.3, -0.25) is 9.69 Å². The molecule has 0 unspecified atom stereocenters. The van der Waals surface area contributed by atoms with Crippen molar-refractivity contribution in [3.05, 3.63) is 24.3 Å². The van der Waals surface area contributed by atoms with Gasteiger partial charge in [0, 0.05) is 30.9 Å². The summed E-state index contributed by atoms with van der Waals surface area (Å²) in [4.78, 5) is 16.9. The number of carbonyl (C=O) groups excluding carboxylic acids is 1. The fraction of sp³-hybridized carbons (Fsp3) is 0.667. The molecule has 27 heavy (non-hydrogen) atoms. The fourth-order valence-electron chi connectivity index (χ4n) is 4.30. The Balaban J connectivity index is 1.22. The van der Waals surface area contributed by atoms with Crippen LogP contribution in [0.4, 0.5) is 5.69 Å². The first kappa shape index (κ1) is 18.7. The number of nitrogens with one attached hydrogen (secondary N) is 1. The molecule has 0 aromatic heterocycles. The highest BCUT2D eigenvalue weighted by atomic mass is 16.5. The summed E-state index contributed by atoms with van der Waals surface area (Å²) in [6, 6.07) is 8.66. The maximum absolute atomic E-state index is 12.3. The summed E-state index contributed by atoms with van der Waals surface area (Å²) in [5.74, 6) is 0.842. The van der Waals surface area contributed by atoms with Gasteiger partial charge in [0.05, 0.1) is 13.2 Å². The first-order chi connectivity index (χ1) is 13.2. The molecule has 3 aliphatic rings. The van der Waals surface area contributed by atoms with Crippen molar-refractivity contribution in [2.45, 2.75) is 56.7 Å². The van der Waals surface area contributed by atoms with Gasteiger partial charge in [-0.2, -0.15) is 0 Å². The molecular formula is C21H31N3O3. The molecule has 1 aromatic carbocycles. The van der Waals surface area contributed by atoms with Crippen LogP contribution >= 0.6 is 0 Å². The summed E-state index contributed by atoms with van der Waals surface area (Å²) in [7, 11) is 0. The first-order valence-corrected chi connectivity index (χ1v) is 10.4. The number of carbonyl (C=O) groups is 1. The number of anilines is 1. The van der Waals surface area contributed by atoms with Crippen LogP contribution in [0, 0.1) is 0 Å². The molecule has 1 amide bonds. The number of nitrogens with zero attached hydrogens (tertiary/aromatic N) is 2. The van der Waals surface area contributed by atoms with E-state index in [4.69, 9.17) is 4.74 Å². The number of ether oxygens (including phenoxy) is 1. The van der Waals surface area contributed by atoms with E-state index in [1.165, 1.54) is 12.8 Å². The van der Waals surface area contributed by atoms with E-state index >= 15 is 0 Å². The van der Waals surface area contributed by atoms with E-state index in [-0.39, 0.29) is 18.6 Å². The van der Waals surface area contributed by atoms with E-state index < -0.39 is 0 Å². The van der Waals surface area contributed by atoms with Gasteiger partial charge in [-0.05, 0) is 69.3 Å². The highest BCUT2D eigenvalue weighted by Gasteiger charge is 2.32. The Hall–Kier alpha value is -1.63. The number of amides is 1. The van der Waals surface area contributed by atoms with E-state index in [1.807, 2.05) is 24.3 Å². The lowest BCUT2D eigenvalue weighted by molar-refractivity contribution is -0.117.